The highest BCUT2D eigenvalue weighted by molar-refractivity contribution is 7.15. The molecule has 1 saturated heterocycles. The van der Waals surface area contributed by atoms with Crippen LogP contribution in [0.15, 0.2) is 12.2 Å². The molecule has 0 spiro atoms. The molecule has 29 heavy (non-hydrogen) atoms. The molecule has 0 bridgehead atoms. The van der Waals surface area contributed by atoms with Gasteiger partial charge in [-0.05, 0) is 31.7 Å². The van der Waals surface area contributed by atoms with Gasteiger partial charge in [0.1, 0.15) is 0 Å². The molecule has 2 heterocycles. The van der Waals surface area contributed by atoms with Crippen LogP contribution in [-0.2, 0) is 15.8 Å². The summed E-state index contributed by atoms with van der Waals surface area (Å²) in [6.07, 6.45) is 5.16. The van der Waals surface area contributed by atoms with Crippen molar-refractivity contribution in [3.8, 4) is 0 Å². The maximum atomic E-state index is 12.6. The van der Waals surface area contributed by atoms with E-state index >= 15 is 0 Å². The van der Waals surface area contributed by atoms with Crippen molar-refractivity contribution in [3.05, 3.63) is 17.2 Å². The van der Waals surface area contributed by atoms with Gasteiger partial charge >= 0.3 is 6.18 Å². The largest absolute Gasteiger partial charge is 0.445 e. The molecule has 160 valence electrons. The van der Waals surface area contributed by atoms with Gasteiger partial charge in [-0.25, -0.2) is 0 Å². The zero-order valence-corrected chi connectivity index (χ0v) is 16.6. The quantitative estimate of drug-likeness (QED) is 0.577. The van der Waals surface area contributed by atoms with Crippen LogP contribution in [0.25, 0.3) is 0 Å². The SMILES string of the molecule is O=C(/C=C/[C@H](CC1CCC1)NC(=O)[C@@H]1CCCCN1)Nc1nnc(C(F)(F)F)s1. The second-order valence-corrected chi connectivity index (χ2v) is 8.39. The van der Waals surface area contributed by atoms with Gasteiger partial charge in [-0.2, -0.15) is 13.2 Å². The third kappa shape index (κ3) is 6.49. The molecule has 2 aliphatic rings. The van der Waals surface area contributed by atoms with Crippen LogP contribution in [0.4, 0.5) is 18.3 Å². The maximum absolute atomic E-state index is 12.6. The smallest absolute Gasteiger partial charge is 0.349 e. The Morgan fingerprint density at radius 1 is 1.21 bits per heavy atom. The average molecular weight is 431 g/mol. The molecule has 1 aliphatic carbocycles. The lowest BCUT2D eigenvalue weighted by molar-refractivity contribution is -0.138. The van der Waals surface area contributed by atoms with Gasteiger partial charge in [0.2, 0.25) is 22.0 Å². The molecule has 3 N–H and O–H groups in total. The number of alkyl halides is 3. The van der Waals surface area contributed by atoms with Crippen LogP contribution in [0.5, 0.6) is 0 Å². The second kappa shape index (κ2) is 9.66. The van der Waals surface area contributed by atoms with Gasteiger partial charge in [-0.1, -0.05) is 43.1 Å². The summed E-state index contributed by atoms with van der Waals surface area (Å²) >= 11 is 0.264. The lowest BCUT2D eigenvalue weighted by atomic mass is 9.80. The van der Waals surface area contributed by atoms with Crippen molar-refractivity contribution in [1.82, 2.24) is 20.8 Å². The summed E-state index contributed by atoms with van der Waals surface area (Å²) in [5.74, 6) is -0.193. The molecule has 2 amide bonds. The summed E-state index contributed by atoms with van der Waals surface area (Å²) in [4.78, 5) is 24.6. The molecule has 2 fully saturated rings. The van der Waals surface area contributed by atoms with Crippen LogP contribution < -0.4 is 16.0 Å². The van der Waals surface area contributed by atoms with E-state index in [1.54, 1.807) is 6.08 Å². The van der Waals surface area contributed by atoms with Gasteiger partial charge in [-0.15, -0.1) is 10.2 Å². The van der Waals surface area contributed by atoms with Crippen LogP contribution in [-0.4, -0.2) is 40.6 Å². The number of amides is 2. The van der Waals surface area contributed by atoms with Gasteiger partial charge in [0.25, 0.3) is 0 Å². The van der Waals surface area contributed by atoms with Crippen LogP contribution in [0.1, 0.15) is 50.0 Å². The van der Waals surface area contributed by atoms with Gasteiger partial charge in [0.15, 0.2) is 0 Å². The van der Waals surface area contributed by atoms with Crippen LogP contribution in [0, 0.1) is 5.92 Å². The van der Waals surface area contributed by atoms with Crippen molar-refractivity contribution in [2.45, 2.75) is 63.2 Å². The van der Waals surface area contributed by atoms with E-state index in [0.717, 1.165) is 51.5 Å². The Morgan fingerprint density at radius 2 is 2.00 bits per heavy atom. The minimum absolute atomic E-state index is 0.0852. The summed E-state index contributed by atoms with van der Waals surface area (Å²) in [6.45, 7) is 0.811. The number of nitrogens with one attached hydrogen (secondary N) is 3. The molecule has 1 aromatic heterocycles. The molecular weight excluding hydrogens is 407 g/mol. The number of carbonyl (C=O) groups excluding carboxylic acids is 2. The lowest BCUT2D eigenvalue weighted by Crippen LogP contribution is -2.49. The summed E-state index contributed by atoms with van der Waals surface area (Å²) in [7, 11) is 0. The number of aromatic nitrogens is 2. The molecule has 11 heteroatoms. The number of carbonyl (C=O) groups is 2. The fourth-order valence-corrected chi connectivity index (χ4v) is 3.98. The van der Waals surface area contributed by atoms with E-state index in [1.165, 1.54) is 6.08 Å². The second-order valence-electron chi connectivity index (χ2n) is 7.41. The summed E-state index contributed by atoms with van der Waals surface area (Å²) in [6, 6.07) is -0.528. The van der Waals surface area contributed by atoms with Gasteiger partial charge in [-0.3, -0.25) is 14.9 Å². The number of rotatable bonds is 7. The molecule has 0 aromatic carbocycles. The maximum Gasteiger partial charge on any atom is 0.445 e. The van der Waals surface area contributed by atoms with E-state index in [0.29, 0.717) is 5.92 Å². The topological polar surface area (TPSA) is 96.0 Å². The van der Waals surface area contributed by atoms with Crippen LogP contribution in [0.2, 0.25) is 0 Å². The van der Waals surface area contributed by atoms with Crippen molar-refractivity contribution in [2.75, 3.05) is 11.9 Å². The molecule has 7 nitrogen and oxygen atoms in total. The molecular formula is C18H24F3N5O2S. The minimum atomic E-state index is -4.60. The predicted octanol–water partition coefficient (Wildman–Crippen LogP) is 2.87. The number of piperidine rings is 1. The normalized spacial score (nSPS) is 21.6. The third-order valence-electron chi connectivity index (χ3n) is 5.14. The van der Waals surface area contributed by atoms with Crippen molar-refractivity contribution in [3.63, 3.8) is 0 Å². The minimum Gasteiger partial charge on any atom is -0.349 e. The average Bonchev–Trinajstić information content (AvgIpc) is 3.12. The monoisotopic (exact) mass is 431 g/mol. The van der Waals surface area contributed by atoms with Gasteiger partial charge < -0.3 is 10.6 Å². The molecule has 0 unspecified atom stereocenters. The number of anilines is 1. The Balaban J connectivity index is 1.56. The lowest BCUT2D eigenvalue weighted by Gasteiger charge is -2.30. The van der Waals surface area contributed by atoms with E-state index in [2.05, 4.69) is 26.1 Å². The Labute approximate surface area is 170 Å². The molecule has 3 rings (SSSR count). The predicted molar refractivity (Wildman–Crippen MR) is 102 cm³/mol. The standard InChI is InChI=1S/C18H24F3N5O2S/c19-18(20,21)16-25-26-17(29-16)24-14(27)8-7-12(10-11-4-3-5-11)23-15(28)13-6-1-2-9-22-13/h7-8,11-13,22H,1-6,9-10H2,(H,23,28)(H,24,26,27)/b8-7+/t12-,13+/m1/s1. The number of halogens is 3. The van der Waals surface area contributed by atoms with Crippen molar-refractivity contribution in [1.29, 1.82) is 0 Å². The molecule has 1 saturated carbocycles. The van der Waals surface area contributed by atoms with Crippen molar-refractivity contribution < 1.29 is 22.8 Å². The fourth-order valence-electron chi connectivity index (χ4n) is 3.37. The fraction of sp³-hybridized carbons (Fsp3) is 0.667. The highest BCUT2D eigenvalue weighted by Gasteiger charge is 2.35. The van der Waals surface area contributed by atoms with E-state index < -0.39 is 17.1 Å². The van der Waals surface area contributed by atoms with E-state index in [-0.39, 0.29) is 34.5 Å². The number of hydrogen-bond acceptors (Lipinski definition) is 6. The summed E-state index contributed by atoms with van der Waals surface area (Å²) < 4.78 is 37.7. The zero-order valence-electron chi connectivity index (χ0n) is 15.8. The van der Waals surface area contributed by atoms with Crippen molar-refractivity contribution >= 4 is 28.3 Å². The first-order valence-electron chi connectivity index (χ1n) is 9.75. The molecule has 0 radical (unpaired) electrons. The van der Waals surface area contributed by atoms with E-state index in [4.69, 9.17) is 0 Å². The summed E-state index contributed by atoms with van der Waals surface area (Å²) in [5.41, 5.74) is 0. The Hall–Kier alpha value is -2.01. The zero-order chi connectivity index (χ0) is 20.9. The molecule has 2 atom stereocenters. The molecule has 1 aliphatic heterocycles. The third-order valence-corrected chi connectivity index (χ3v) is 6.03. The van der Waals surface area contributed by atoms with E-state index in [9.17, 15) is 22.8 Å². The highest BCUT2D eigenvalue weighted by Crippen LogP contribution is 2.33. The Bertz CT molecular complexity index is 742. The Morgan fingerprint density at radius 3 is 2.59 bits per heavy atom. The Kier molecular flexibility index (Phi) is 7.23. The van der Waals surface area contributed by atoms with Gasteiger partial charge in [0.05, 0.1) is 6.04 Å². The van der Waals surface area contributed by atoms with E-state index in [1.807, 2.05) is 0 Å². The first-order valence-corrected chi connectivity index (χ1v) is 10.6. The summed E-state index contributed by atoms with van der Waals surface area (Å²) in [5, 5.41) is 13.5. The highest BCUT2D eigenvalue weighted by atomic mass is 32.1. The van der Waals surface area contributed by atoms with Crippen LogP contribution in [0.3, 0.4) is 0 Å². The van der Waals surface area contributed by atoms with Crippen LogP contribution >= 0.6 is 11.3 Å². The number of hydrogen-bond donors (Lipinski definition) is 3. The van der Waals surface area contributed by atoms with Crippen molar-refractivity contribution in [2.24, 2.45) is 5.92 Å². The molecule has 1 aromatic rings. The first kappa shape index (κ1) is 21.7. The first-order chi connectivity index (χ1) is 13.8. The number of nitrogens with zero attached hydrogens (tertiary/aromatic N) is 2. The van der Waals surface area contributed by atoms with Gasteiger partial charge in [0, 0.05) is 12.1 Å².